The molecule has 2 aromatic rings. The molecule has 0 heterocycles. The largest absolute Gasteiger partial charge is 0.370 e. The summed E-state index contributed by atoms with van der Waals surface area (Å²) in [6.07, 6.45) is 0. The molecule has 0 aliphatic rings. The van der Waals surface area contributed by atoms with Crippen LogP contribution in [-0.2, 0) is 6.54 Å². The van der Waals surface area contributed by atoms with Gasteiger partial charge in [-0.25, -0.2) is 4.99 Å². The Labute approximate surface area is 106 Å². The summed E-state index contributed by atoms with van der Waals surface area (Å²) in [5.41, 5.74) is 13.7. The van der Waals surface area contributed by atoms with Gasteiger partial charge in [-0.1, -0.05) is 30.3 Å². The maximum absolute atomic E-state index is 5.29. The van der Waals surface area contributed by atoms with Gasteiger partial charge in [-0.2, -0.15) is 0 Å². The van der Waals surface area contributed by atoms with Crippen LogP contribution in [0.1, 0.15) is 5.56 Å². The lowest BCUT2D eigenvalue weighted by atomic mass is 10.2. The number of aliphatic imine (C=N–C) groups is 1. The van der Waals surface area contributed by atoms with Gasteiger partial charge in [0.05, 0.1) is 6.54 Å². The van der Waals surface area contributed by atoms with Crippen molar-refractivity contribution in [2.45, 2.75) is 6.54 Å². The maximum Gasteiger partial charge on any atom is 0.186 e. The van der Waals surface area contributed by atoms with Crippen LogP contribution in [0.2, 0.25) is 0 Å². The fraction of sp³-hybridized carbons (Fsp3) is 0.0714. The van der Waals surface area contributed by atoms with Gasteiger partial charge in [0.25, 0.3) is 0 Å². The van der Waals surface area contributed by atoms with Crippen LogP contribution >= 0.6 is 0 Å². The van der Waals surface area contributed by atoms with E-state index in [0.717, 1.165) is 16.9 Å². The normalized spacial score (nSPS) is 9.78. The Morgan fingerprint density at radius 3 is 2.11 bits per heavy atom. The second-order valence-corrected chi connectivity index (χ2v) is 3.93. The molecule has 92 valence electrons. The molecule has 18 heavy (non-hydrogen) atoms. The van der Waals surface area contributed by atoms with Gasteiger partial charge in [0, 0.05) is 11.4 Å². The van der Waals surface area contributed by atoms with Gasteiger partial charge in [0.15, 0.2) is 5.96 Å². The summed E-state index contributed by atoms with van der Waals surface area (Å²) in [5.74, 6) is 0.112. The molecule has 0 atom stereocenters. The van der Waals surface area contributed by atoms with Crippen LogP contribution < -0.4 is 16.8 Å². The highest BCUT2D eigenvalue weighted by molar-refractivity contribution is 5.75. The Hall–Kier alpha value is -2.49. The number of benzene rings is 2. The minimum absolute atomic E-state index is 0.112. The zero-order valence-electron chi connectivity index (χ0n) is 10.0. The Morgan fingerprint density at radius 2 is 1.50 bits per heavy atom. The van der Waals surface area contributed by atoms with Crippen molar-refractivity contribution in [1.82, 2.24) is 0 Å². The lowest BCUT2D eigenvalue weighted by Gasteiger charge is -2.06. The number of guanidine groups is 1. The van der Waals surface area contributed by atoms with Crippen molar-refractivity contribution in [3.05, 3.63) is 60.2 Å². The Bertz CT molecular complexity index is 513. The first-order valence-electron chi connectivity index (χ1n) is 5.70. The summed E-state index contributed by atoms with van der Waals surface area (Å²) in [5, 5.41) is 3.31. The van der Waals surface area contributed by atoms with E-state index in [4.69, 9.17) is 11.5 Å². The summed E-state index contributed by atoms with van der Waals surface area (Å²) in [4.78, 5) is 3.96. The molecule has 2 aromatic carbocycles. The van der Waals surface area contributed by atoms with Crippen molar-refractivity contribution < 1.29 is 0 Å². The van der Waals surface area contributed by atoms with Gasteiger partial charge in [0.2, 0.25) is 0 Å². The van der Waals surface area contributed by atoms with E-state index in [0.29, 0.717) is 6.54 Å². The second kappa shape index (κ2) is 5.72. The molecule has 0 unspecified atom stereocenters. The highest BCUT2D eigenvalue weighted by atomic mass is 15.0. The average molecular weight is 240 g/mol. The third-order valence-electron chi connectivity index (χ3n) is 2.46. The first kappa shape index (κ1) is 12.0. The van der Waals surface area contributed by atoms with Crippen molar-refractivity contribution in [2.24, 2.45) is 16.5 Å². The summed E-state index contributed by atoms with van der Waals surface area (Å²) < 4.78 is 0. The van der Waals surface area contributed by atoms with Crippen molar-refractivity contribution in [3.63, 3.8) is 0 Å². The SMILES string of the molecule is NC(N)=NCc1ccc(Nc2ccccc2)cc1. The molecule has 4 nitrogen and oxygen atoms in total. The first-order valence-corrected chi connectivity index (χ1v) is 5.70. The molecule has 0 aliphatic carbocycles. The van der Waals surface area contributed by atoms with Crippen molar-refractivity contribution >= 4 is 17.3 Å². The third-order valence-corrected chi connectivity index (χ3v) is 2.46. The lowest BCUT2D eigenvalue weighted by molar-refractivity contribution is 1.05. The van der Waals surface area contributed by atoms with E-state index in [9.17, 15) is 0 Å². The predicted octanol–water partition coefficient (Wildman–Crippen LogP) is 2.20. The van der Waals surface area contributed by atoms with Crippen LogP contribution in [0.3, 0.4) is 0 Å². The number of para-hydroxylation sites is 1. The molecule has 5 N–H and O–H groups in total. The minimum Gasteiger partial charge on any atom is -0.370 e. The van der Waals surface area contributed by atoms with Crippen LogP contribution in [0, 0.1) is 0 Å². The van der Waals surface area contributed by atoms with E-state index >= 15 is 0 Å². The highest BCUT2D eigenvalue weighted by Gasteiger charge is 1.95. The number of nitrogens with one attached hydrogen (secondary N) is 1. The molecule has 0 bridgehead atoms. The van der Waals surface area contributed by atoms with Gasteiger partial charge in [0.1, 0.15) is 0 Å². The van der Waals surface area contributed by atoms with E-state index < -0.39 is 0 Å². The topological polar surface area (TPSA) is 76.4 Å². The Balaban J connectivity index is 2.02. The monoisotopic (exact) mass is 240 g/mol. The van der Waals surface area contributed by atoms with Crippen LogP contribution in [0.5, 0.6) is 0 Å². The maximum atomic E-state index is 5.29. The number of hydrogen-bond donors (Lipinski definition) is 3. The highest BCUT2D eigenvalue weighted by Crippen LogP contribution is 2.16. The molecule has 2 rings (SSSR count). The van der Waals surface area contributed by atoms with Gasteiger partial charge in [-0.05, 0) is 29.8 Å². The summed E-state index contributed by atoms with van der Waals surface area (Å²) >= 11 is 0. The van der Waals surface area contributed by atoms with Gasteiger partial charge >= 0.3 is 0 Å². The standard InChI is InChI=1S/C14H16N4/c15-14(16)17-10-11-6-8-13(9-7-11)18-12-4-2-1-3-5-12/h1-9,18H,10H2,(H4,15,16,17). The second-order valence-electron chi connectivity index (χ2n) is 3.93. The summed E-state index contributed by atoms with van der Waals surface area (Å²) in [6, 6.07) is 18.0. The van der Waals surface area contributed by atoms with Crippen LogP contribution in [0.4, 0.5) is 11.4 Å². The van der Waals surface area contributed by atoms with Crippen molar-refractivity contribution in [3.8, 4) is 0 Å². The van der Waals surface area contributed by atoms with E-state index in [-0.39, 0.29) is 5.96 Å². The molecule has 0 fully saturated rings. The number of nitrogens with zero attached hydrogens (tertiary/aromatic N) is 1. The van der Waals surface area contributed by atoms with E-state index in [2.05, 4.69) is 10.3 Å². The lowest BCUT2D eigenvalue weighted by Crippen LogP contribution is -2.22. The molecule has 0 radical (unpaired) electrons. The molecular weight excluding hydrogens is 224 g/mol. The molecule has 0 saturated carbocycles. The van der Waals surface area contributed by atoms with E-state index in [1.54, 1.807) is 0 Å². The molecule has 0 saturated heterocycles. The minimum atomic E-state index is 0.112. The van der Waals surface area contributed by atoms with Gasteiger partial charge < -0.3 is 16.8 Å². The number of hydrogen-bond acceptors (Lipinski definition) is 2. The smallest absolute Gasteiger partial charge is 0.186 e. The first-order chi connectivity index (χ1) is 8.74. The predicted molar refractivity (Wildman–Crippen MR) is 75.7 cm³/mol. The molecule has 4 heteroatoms. The van der Waals surface area contributed by atoms with E-state index in [1.165, 1.54) is 0 Å². The fourth-order valence-electron chi connectivity index (χ4n) is 1.56. The zero-order valence-corrected chi connectivity index (χ0v) is 10.0. The summed E-state index contributed by atoms with van der Waals surface area (Å²) in [7, 11) is 0. The van der Waals surface area contributed by atoms with Crippen LogP contribution in [-0.4, -0.2) is 5.96 Å². The Morgan fingerprint density at radius 1 is 0.889 bits per heavy atom. The van der Waals surface area contributed by atoms with Crippen molar-refractivity contribution in [1.29, 1.82) is 0 Å². The molecule has 0 aromatic heterocycles. The molecule has 0 amide bonds. The molecule has 0 spiro atoms. The summed E-state index contributed by atoms with van der Waals surface area (Å²) in [6.45, 7) is 0.508. The van der Waals surface area contributed by atoms with Crippen LogP contribution in [0.25, 0.3) is 0 Å². The van der Waals surface area contributed by atoms with E-state index in [1.807, 2.05) is 54.6 Å². The zero-order chi connectivity index (χ0) is 12.8. The van der Waals surface area contributed by atoms with Gasteiger partial charge in [-0.15, -0.1) is 0 Å². The Kier molecular flexibility index (Phi) is 3.81. The fourth-order valence-corrected chi connectivity index (χ4v) is 1.56. The number of rotatable bonds is 4. The van der Waals surface area contributed by atoms with Crippen molar-refractivity contribution in [2.75, 3.05) is 5.32 Å². The quantitative estimate of drug-likeness (QED) is 0.566. The van der Waals surface area contributed by atoms with Crippen LogP contribution in [0.15, 0.2) is 59.6 Å². The van der Waals surface area contributed by atoms with Gasteiger partial charge in [-0.3, -0.25) is 0 Å². The number of nitrogens with two attached hydrogens (primary N) is 2. The average Bonchev–Trinajstić information content (AvgIpc) is 2.39. The third kappa shape index (κ3) is 3.52. The number of anilines is 2. The molecule has 0 aliphatic heterocycles. The molecular formula is C14H16N4.